The Labute approximate surface area is 135 Å². The molecule has 0 aliphatic carbocycles. The van der Waals surface area contributed by atoms with Gasteiger partial charge >= 0.3 is 0 Å². The van der Waals surface area contributed by atoms with Crippen LogP contribution in [0, 0.1) is 5.92 Å². The van der Waals surface area contributed by atoms with Gasteiger partial charge in [-0.25, -0.2) is 0 Å². The molecule has 0 spiro atoms. The summed E-state index contributed by atoms with van der Waals surface area (Å²) in [6.07, 6.45) is 1.64. The number of carbonyl (C=O) groups excluding carboxylic acids is 1. The van der Waals surface area contributed by atoms with Crippen LogP contribution in [0.2, 0.25) is 0 Å². The highest BCUT2D eigenvalue weighted by Gasteiger charge is 2.22. The molecule has 22 heavy (non-hydrogen) atoms. The molecular weight excluding hydrogens is 302 g/mol. The molecule has 118 valence electrons. The number of halogens is 1. The van der Waals surface area contributed by atoms with Crippen LogP contribution in [0.5, 0.6) is 0 Å². The molecule has 2 rings (SSSR count). The van der Waals surface area contributed by atoms with Gasteiger partial charge < -0.3 is 15.6 Å². The highest BCUT2D eigenvalue weighted by atomic mass is 35.5. The Kier molecular flexibility index (Phi) is 6.34. The summed E-state index contributed by atoms with van der Waals surface area (Å²) < 4.78 is 1.41. The quantitative estimate of drug-likeness (QED) is 0.905. The van der Waals surface area contributed by atoms with Gasteiger partial charge in [0, 0.05) is 19.3 Å². The van der Waals surface area contributed by atoms with Crippen LogP contribution < -0.4 is 16.6 Å². The highest BCUT2D eigenvalue weighted by molar-refractivity contribution is 5.92. The van der Waals surface area contributed by atoms with Crippen molar-refractivity contribution >= 4 is 24.0 Å². The van der Waals surface area contributed by atoms with Crippen molar-refractivity contribution in [1.82, 2.24) is 4.57 Å². The topological polar surface area (TPSA) is 77.1 Å². The van der Waals surface area contributed by atoms with Gasteiger partial charge in [0.15, 0.2) is 0 Å². The van der Waals surface area contributed by atoms with E-state index < -0.39 is 12.0 Å². The van der Waals surface area contributed by atoms with Gasteiger partial charge in [-0.2, -0.15) is 0 Å². The Bertz CT molecular complexity index is 685. The number of anilines is 1. The summed E-state index contributed by atoms with van der Waals surface area (Å²) in [5.41, 5.74) is 7.02. The van der Waals surface area contributed by atoms with E-state index in [4.69, 9.17) is 5.73 Å². The average Bonchev–Trinajstić information content (AvgIpc) is 2.51. The number of nitrogens with zero attached hydrogens (tertiary/aromatic N) is 1. The molecule has 0 saturated heterocycles. The second kappa shape index (κ2) is 7.77. The second-order valence-electron chi connectivity index (χ2n) is 5.05. The van der Waals surface area contributed by atoms with Crippen LogP contribution in [-0.2, 0) is 11.8 Å². The average molecular weight is 322 g/mol. The van der Waals surface area contributed by atoms with Gasteiger partial charge in [-0.05, 0) is 17.7 Å². The lowest BCUT2D eigenvalue weighted by atomic mass is 9.94. The molecule has 0 aliphatic rings. The molecule has 0 radical (unpaired) electrons. The van der Waals surface area contributed by atoms with Crippen molar-refractivity contribution in [1.29, 1.82) is 0 Å². The van der Waals surface area contributed by atoms with Crippen molar-refractivity contribution in [2.24, 2.45) is 18.7 Å². The number of benzene rings is 1. The number of rotatable bonds is 4. The first-order valence-electron chi connectivity index (χ1n) is 6.77. The molecule has 0 bridgehead atoms. The molecule has 0 saturated carbocycles. The van der Waals surface area contributed by atoms with Gasteiger partial charge in [-0.1, -0.05) is 37.3 Å². The number of hydrogen-bond donors (Lipinski definition) is 2. The van der Waals surface area contributed by atoms with Crippen molar-refractivity contribution in [3.63, 3.8) is 0 Å². The van der Waals surface area contributed by atoms with Crippen LogP contribution in [0.1, 0.15) is 18.5 Å². The SMILES string of the molecule is CC(C(=O)Nc1cccn(C)c1=O)C(N)c1ccccc1.Cl. The fourth-order valence-corrected chi connectivity index (χ4v) is 2.07. The Morgan fingerprint density at radius 1 is 1.18 bits per heavy atom. The predicted molar refractivity (Wildman–Crippen MR) is 90.1 cm³/mol. The molecule has 2 aromatic rings. The monoisotopic (exact) mass is 321 g/mol. The molecule has 1 aromatic heterocycles. The van der Waals surface area contributed by atoms with Crippen LogP contribution in [0.3, 0.4) is 0 Å². The predicted octanol–water partition coefficient (Wildman–Crippen LogP) is 2.08. The summed E-state index contributed by atoms with van der Waals surface area (Å²) in [7, 11) is 1.64. The molecule has 1 heterocycles. The van der Waals surface area contributed by atoms with Gasteiger partial charge in [0.05, 0.1) is 5.92 Å². The molecular formula is C16H20ClN3O2. The maximum atomic E-state index is 12.3. The number of pyridine rings is 1. The molecule has 0 fully saturated rings. The minimum absolute atomic E-state index is 0. The maximum Gasteiger partial charge on any atom is 0.274 e. The van der Waals surface area contributed by atoms with Crippen molar-refractivity contribution in [2.75, 3.05) is 5.32 Å². The highest BCUT2D eigenvalue weighted by Crippen LogP contribution is 2.20. The van der Waals surface area contributed by atoms with E-state index in [9.17, 15) is 9.59 Å². The zero-order chi connectivity index (χ0) is 15.4. The minimum atomic E-state index is -0.447. The molecule has 2 unspecified atom stereocenters. The number of carbonyl (C=O) groups is 1. The number of amides is 1. The maximum absolute atomic E-state index is 12.3. The smallest absolute Gasteiger partial charge is 0.274 e. The Hall–Kier alpha value is -2.11. The number of nitrogens with one attached hydrogen (secondary N) is 1. The van der Waals surface area contributed by atoms with Crippen LogP contribution in [0.15, 0.2) is 53.5 Å². The number of nitrogens with two attached hydrogens (primary N) is 1. The van der Waals surface area contributed by atoms with E-state index in [1.165, 1.54) is 4.57 Å². The third-order valence-electron chi connectivity index (χ3n) is 3.52. The van der Waals surface area contributed by atoms with E-state index in [0.717, 1.165) is 5.56 Å². The summed E-state index contributed by atoms with van der Waals surface area (Å²) in [6.45, 7) is 1.75. The second-order valence-corrected chi connectivity index (χ2v) is 5.05. The lowest BCUT2D eigenvalue weighted by Crippen LogP contribution is -2.32. The molecule has 3 N–H and O–H groups in total. The third-order valence-corrected chi connectivity index (χ3v) is 3.52. The number of hydrogen-bond acceptors (Lipinski definition) is 3. The van der Waals surface area contributed by atoms with E-state index >= 15 is 0 Å². The molecule has 0 aliphatic heterocycles. The number of aromatic nitrogens is 1. The van der Waals surface area contributed by atoms with Crippen molar-refractivity contribution in [3.8, 4) is 0 Å². The Balaban J connectivity index is 0.00000242. The zero-order valence-electron chi connectivity index (χ0n) is 12.5. The van der Waals surface area contributed by atoms with E-state index in [2.05, 4.69) is 5.32 Å². The number of aryl methyl sites for hydroxylation is 1. The van der Waals surface area contributed by atoms with Crippen LogP contribution in [-0.4, -0.2) is 10.5 Å². The Morgan fingerprint density at radius 2 is 1.82 bits per heavy atom. The van der Waals surface area contributed by atoms with E-state index in [1.807, 2.05) is 30.3 Å². The van der Waals surface area contributed by atoms with Crippen LogP contribution in [0.25, 0.3) is 0 Å². The first kappa shape index (κ1) is 17.9. The molecule has 6 heteroatoms. The third kappa shape index (κ3) is 3.96. The normalized spacial score (nSPS) is 12.9. The van der Waals surface area contributed by atoms with Crippen molar-refractivity contribution in [3.05, 3.63) is 64.6 Å². The lowest BCUT2D eigenvalue weighted by Gasteiger charge is -2.19. The van der Waals surface area contributed by atoms with E-state index in [-0.39, 0.29) is 29.6 Å². The van der Waals surface area contributed by atoms with Gasteiger partial charge in [0.2, 0.25) is 5.91 Å². The van der Waals surface area contributed by atoms with Gasteiger partial charge in [-0.3, -0.25) is 9.59 Å². The van der Waals surface area contributed by atoms with Crippen LogP contribution in [0.4, 0.5) is 5.69 Å². The molecule has 1 amide bonds. The molecule has 2 atom stereocenters. The first-order chi connectivity index (χ1) is 10.0. The van der Waals surface area contributed by atoms with Gasteiger partial charge in [0.1, 0.15) is 5.69 Å². The standard InChI is InChI=1S/C16H19N3O2.ClH/c1-11(14(17)12-7-4-3-5-8-12)15(20)18-13-9-6-10-19(2)16(13)21;/h3-11,14H,17H2,1-2H3,(H,18,20);1H. The van der Waals surface area contributed by atoms with Crippen LogP contribution >= 0.6 is 12.4 Å². The lowest BCUT2D eigenvalue weighted by molar-refractivity contribution is -0.120. The largest absolute Gasteiger partial charge is 0.323 e. The van der Waals surface area contributed by atoms with Gasteiger partial charge in [-0.15, -0.1) is 12.4 Å². The van der Waals surface area contributed by atoms with Crippen molar-refractivity contribution in [2.45, 2.75) is 13.0 Å². The van der Waals surface area contributed by atoms with E-state index in [1.54, 1.807) is 32.3 Å². The Morgan fingerprint density at radius 3 is 2.45 bits per heavy atom. The summed E-state index contributed by atoms with van der Waals surface area (Å²) >= 11 is 0. The summed E-state index contributed by atoms with van der Waals surface area (Å²) in [5, 5.41) is 2.65. The van der Waals surface area contributed by atoms with E-state index in [0.29, 0.717) is 0 Å². The summed E-state index contributed by atoms with van der Waals surface area (Å²) in [4.78, 5) is 24.1. The summed E-state index contributed by atoms with van der Waals surface area (Å²) in [5.74, 6) is -0.716. The fraction of sp³-hybridized carbons (Fsp3) is 0.250. The fourth-order valence-electron chi connectivity index (χ4n) is 2.07. The zero-order valence-corrected chi connectivity index (χ0v) is 13.3. The van der Waals surface area contributed by atoms with Crippen molar-refractivity contribution < 1.29 is 4.79 Å². The molecule has 5 nitrogen and oxygen atoms in total. The molecule has 1 aromatic carbocycles. The minimum Gasteiger partial charge on any atom is -0.323 e. The summed E-state index contributed by atoms with van der Waals surface area (Å²) in [6, 6.07) is 12.3. The first-order valence-corrected chi connectivity index (χ1v) is 6.77. The van der Waals surface area contributed by atoms with Gasteiger partial charge in [0.25, 0.3) is 5.56 Å².